The number of para-hydroxylation sites is 1. The Morgan fingerprint density at radius 3 is 2.28 bits per heavy atom. The molecule has 3 aliphatic heterocycles. The monoisotopic (exact) mass is 451 g/mol. The lowest BCUT2D eigenvalue weighted by Crippen LogP contribution is -2.59. The first-order chi connectivity index (χ1) is 15.2. The van der Waals surface area contributed by atoms with Gasteiger partial charge >= 0.3 is 12.1 Å². The molecule has 174 valence electrons. The minimum atomic E-state index is -2.81. The molecule has 0 aromatic heterocycles. The van der Waals surface area contributed by atoms with Crippen molar-refractivity contribution in [2.45, 2.75) is 12.8 Å². The second kappa shape index (κ2) is 8.89. The normalized spacial score (nSPS) is 22.8. The van der Waals surface area contributed by atoms with Crippen LogP contribution in [-0.2, 0) is 9.63 Å². The molecule has 2 bridgehead atoms. The van der Waals surface area contributed by atoms with Crippen molar-refractivity contribution in [3.05, 3.63) is 30.3 Å². The molecule has 0 radical (unpaired) electrons. The fraction of sp³-hybridized carbons (Fsp3) is 0.571. The number of benzene rings is 1. The van der Waals surface area contributed by atoms with Gasteiger partial charge in [-0.2, -0.15) is 0 Å². The van der Waals surface area contributed by atoms with Crippen molar-refractivity contribution in [1.82, 2.24) is 19.8 Å². The number of halogens is 2. The molecule has 0 N–H and O–H groups in total. The van der Waals surface area contributed by atoms with Gasteiger partial charge in [0.25, 0.3) is 11.8 Å². The minimum absolute atomic E-state index is 0.181. The number of alkyl halides is 2. The molecule has 0 aliphatic carbocycles. The van der Waals surface area contributed by atoms with Gasteiger partial charge in [0.15, 0.2) is 0 Å². The zero-order chi connectivity index (χ0) is 22.9. The smallest absolute Gasteiger partial charge is 0.369 e. The van der Waals surface area contributed by atoms with Crippen LogP contribution in [0.25, 0.3) is 0 Å². The topological polar surface area (TPSA) is 76.6 Å². The van der Waals surface area contributed by atoms with Gasteiger partial charge in [0.05, 0.1) is 12.5 Å². The first-order valence-electron chi connectivity index (χ1n) is 10.7. The Kier molecular flexibility index (Phi) is 6.18. The van der Waals surface area contributed by atoms with E-state index < -0.39 is 29.9 Å². The van der Waals surface area contributed by atoms with E-state index in [1.54, 1.807) is 4.90 Å². The second-order valence-electron chi connectivity index (χ2n) is 8.53. The third-order valence-electron chi connectivity index (χ3n) is 5.94. The van der Waals surface area contributed by atoms with E-state index in [1.807, 2.05) is 35.2 Å². The summed E-state index contributed by atoms with van der Waals surface area (Å²) in [4.78, 5) is 50.0. The fourth-order valence-corrected chi connectivity index (χ4v) is 4.31. The average Bonchev–Trinajstić information content (AvgIpc) is 2.97. The van der Waals surface area contributed by atoms with E-state index >= 15 is 0 Å². The summed E-state index contributed by atoms with van der Waals surface area (Å²) >= 11 is 0. The van der Waals surface area contributed by atoms with Crippen molar-refractivity contribution < 1.29 is 28.0 Å². The van der Waals surface area contributed by atoms with Gasteiger partial charge in [-0.25, -0.2) is 18.4 Å². The summed E-state index contributed by atoms with van der Waals surface area (Å²) < 4.78 is 26.4. The van der Waals surface area contributed by atoms with Crippen LogP contribution in [0.3, 0.4) is 0 Å². The van der Waals surface area contributed by atoms with E-state index in [0.717, 1.165) is 12.6 Å². The zero-order valence-electron chi connectivity index (χ0n) is 18.0. The van der Waals surface area contributed by atoms with Gasteiger partial charge in [0, 0.05) is 65.0 Å². The van der Waals surface area contributed by atoms with E-state index in [4.69, 9.17) is 4.84 Å². The number of hydrogen-bond acceptors (Lipinski definition) is 6. The molecule has 3 heterocycles. The van der Waals surface area contributed by atoms with E-state index in [2.05, 4.69) is 0 Å². The van der Waals surface area contributed by atoms with E-state index in [1.165, 1.54) is 9.80 Å². The van der Waals surface area contributed by atoms with Crippen molar-refractivity contribution in [3.8, 4) is 0 Å². The van der Waals surface area contributed by atoms with Gasteiger partial charge in [-0.1, -0.05) is 23.3 Å². The molecule has 32 heavy (non-hydrogen) atoms. The second-order valence-corrected chi connectivity index (χ2v) is 8.53. The number of amides is 4. The maximum absolute atomic E-state index is 13.2. The van der Waals surface area contributed by atoms with Gasteiger partial charge in [0.1, 0.15) is 0 Å². The number of anilines is 1. The highest BCUT2D eigenvalue weighted by Crippen LogP contribution is 2.25. The van der Waals surface area contributed by atoms with Crippen molar-refractivity contribution in [2.75, 3.05) is 63.8 Å². The van der Waals surface area contributed by atoms with Gasteiger partial charge in [-0.15, -0.1) is 0 Å². The zero-order valence-corrected chi connectivity index (χ0v) is 18.0. The number of imide groups is 1. The third kappa shape index (κ3) is 4.93. The quantitative estimate of drug-likeness (QED) is 0.694. The van der Waals surface area contributed by atoms with E-state index in [0.29, 0.717) is 24.7 Å². The highest BCUT2D eigenvalue weighted by molar-refractivity contribution is 5.98. The van der Waals surface area contributed by atoms with Crippen molar-refractivity contribution in [2.24, 2.45) is 5.92 Å². The predicted octanol–water partition coefficient (Wildman–Crippen LogP) is 1.71. The molecule has 4 rings (SSSR count). The molecule has 3 fully saturated rings. The number of urea groups is 1. The van der Waals surface area contributed by atoms with Crippen LogP contribution in [0.1, 0.15) is 6.92 Å². The van der Waals surface area contributed by atoms with Crippen LogP contribution in [0.5, 0.6) is 0 Å². The molecule has 3 aliphatic rings. The molecule has 0 spiro atoms. The molecule has 4 amide bonds. The predicted molar refractivity (Wildman–Crippen MR) is 111 cm³/mol. The van der Waals surface area contributed by atoms with Gasteiger partial charge < -0.3 is 19.5 Å². The number of nitrogens with zero attached hydrogens (tertiary/aromatic N) is 5. The Morgan fingerprint density at radius 1 is 1.00 bits per heavy atom. The molecule has 1 aromatic rings. The van der Waals surface area contributed by atoms with Crippen LogP contribution in [0.2, 0.25) is 0 Å². The number of hydroxylamine groups is 2. The van der Waals surface area contributed by atoms with Crippen molar-refractivity contribution in [1.29, 1.82) is 0 Å². The van der Waals surface area contributed by atoms with Gasteiger partial charge in [-0.05, 0) is 12.1 Å². The molecule has 3 saturated heterocycles. The lowest BCUT2D eigenvalue weighted by Gasteiger charge is -2.38. The molecule has 11 heteroatoms. The summed E-state index contributed by atoms with van der Waals surface area (Å²) in [6.07, 6.45) is -0.825. The Hall–Kier alpha value is -2.95. The Labute approximate surface area is 185 Å². The van der Waals surface area contributed by atoms with Crippen LogP contribution in [0, 0.1) is 5.92 Å². The SMILES string of the molecule is CC(F)(F)CN1CCN(C(=O)ON2C(=O)C3CN(CCN(c4ccccc4)C3)C2=O)CC1. The van der Waals surface area contributed by atoms with Gasteiger partial charge in [-0.3, -0.25) is 9.69 Å². The number of piperazine rings is 1. The number of hydrogen-bond donors (Lipinski definition) is 0. The van der Waals surface area contributed by atoms with Crippen LogP contribution in [0.4, 0.5) is 24.1 Å². The van der Waals surface area contributed by atoms with Crippen molar-refractivity contribution >= 4 is 23.7 Å². The number of carbonyl (C=O) groups is 3. The highest BCUT2D eigenvalue weighted by Gasteiger charge is 2.45. The first kappa shape index (κ1) is 22.3. The minimum Gasteiger partial charge on any atom is -0.369 e. The highest BCUT2D eigenvalue weighted by atomic mass is 19.3. The molecule has 9 nitrogen and oxygen atoms in total. The molecule has 1 atom stereocenters. The van der Waals surface area contributed by atoms with E-state index in [-0.39, 0.29) is 39.3 Å². The summed E-state index contributed by atoms with van der Waals surface area (Å²) in [6, 6.07) is 8.97. The fourth-order valence-electron chi connectivity index (χ4n) is 4.31. The number of fused-ring (bicyclic) bond motifs is 2. The van der Waals surface area contributed by atoms with Crippen LogP contribution in [-0.4, -0.2) is 103 Å². The maximum Gasteiger partial charge on any atom is 0.434 e. The summed E-state index contributed by atoms with van der Waals surface area (Å²) in [5.74, 6) is -3.88. The lowest BCUT2D eigenvalue weighted by molar-refractivity contribution is -0.167. The van der Waals surface area contributed by atoms with E-state index in [9.17, 15) is 23.2 Å². The third-order valence-corrected chi connectivity index (χ3v) is 5.94. The standard InChI is InChI=1S/C21H27F2N5O4/c1-21(22,23)15-24-7-9-25(10-8-24)20(31)32-28-18(29)16-13-26(17-5-3-2-4-6-17)11-12-27(14-16)19(28)30/h2-6,16H,7-15H2,1H3. The molecular weight excluding hydrogens is 424 g/mol. The Bertz CT molecular complexity index is 857. The molecule has 0 saturated carbocycles. The summed E-state index contributed by atoms with van der Waals surface area (Å²) in [7, 11) is 0. The summed E-state index contributed by atoms with van der Waals surface area (Å²) in [6.45, 7) is 3.01. The van der Waals surface area contributed by atoms with Crippen LogP contribution in [0.15, 0.2) is 30.3 Å². The maximum atomic E-state index is 13.2. The number of rotatable bonds is 4. The van der Waals surface area contributed by atoms with Crippen LogP contribution >= 0.6 is 0 Å². The Morgan fingerprint density at radius 2 is 1.62 bits per heavy atom. The van der Waals surface area contributed by atoms with Crippen molar-refractivity contribution in [3.63, 3.8) is 0 Å². The molecular formula is C21H27F2N5O4. The largest absolute Gasteiger partial charge is 0.434 e. The summed E-state index contributed by atoms with van der Waals surface area (Å²) in [5, 5.41) is 0.567. The molecule has 1 aromatic carbocycles. The Balaban J connectivity index is 1.38. The van der Waals surface area contributed by atoms with Crippen LogP contribution < -0.4 is 4.90 Å². The number of carbonyl (C=O) groups excluding carboxylic acids is 3. The van der Waals surface area contributed by atoms with Gasteiger partial charge in [0.2, 0.25) is 0 Å². The first-order valence-corrected chi connectivity index (χ1v) is 10.7. The average molecular weight is 451 g/mol. The summed E-state index contributed by atoms with van der Waals surface area (Å²) in [5.41, 5.74) is 0.959. The molecule has 1 unspecified atom stereocenters. The lowest BCUT2D eigenvalue weighted by atomic mass is 10.1.